The summed E-state index contributed by atoms with van der Waals surface area (Å²) >= 11 is 6.93. The molecule has 0 radical (unpaired) electrons. The molecule has 0 atom stereocenters. The molecule has 28 heavy (non-hydrogen) atoms. The lowest BCUT2D eigenvalue weighted by Gasteiger charge is -2.08. The maximum absolute atomic E-state index is 12.1. The van der Waals surface area contributed by atoms with Crippen LogP contribution in [0, 0.1) is 5.92 Å². The summed E-state index contributed by atoms with van der Waals surface area (Å²) in [5.74, 6) is -1.45. The molecule has 0 bridgehead atoms. The van der Waals surface area contributed by atoms with E-state index in [2.05, 4.69) is 5.32 Å². The summed E-state index contributed by atoms with van der Waals surface area (Å²) in [6, 6.07) is 9.56. The Morgan fingerprint density at radius 2 is 1.68 bits per heavy atom. The van der Waals surface area contributed by atoms with Gasteiger partial charge in [-0.15, -0.1) is 11.3 Å². The van der Waals surface area contributed by atoms with E-state index in [0.717, 1.165) is 11.3 Å². The topological polar surface area (TPSA) is 89.5 Å². The van der Waals surface area contributed by atoms with E-state index in [0.29, 0.717) is 20.5 Å². The SMILES string of the molecule is CC(C)C(=O)Nc1ccc(C(=O)COC(=O)CCC(=O)c2ccc(Cl)s2)cc1. The van der Waals surface area contributed by atoms with Gasteiger partial charge in [0.05, 0.1) is 15.6 Å². The van der Waals surface area contributed by atoms with Crippen LogP contribution in [-0.4, -0.2) is 30.0 Å². The summed E-state index contributed by atoms with van der Waals surface area (Å²) in [5.41, 5.74) is 0.944. The number of rotatable bonds is 9. The van der Waals surface area contributed by atoms with Crippen molar-refractivity contribution in [2.45, 2.75) is 26.7 Å². The lowest BCUT2D eigenvalue weighted by atomic mass is 10.1. The second-order valence-electron chi connectivity index (χ2n) is 6.33. The molecule has 1 aromatic carbocycles. The monoisotopic (exact) mass is 421 g/mol. The highest BCUT2D eigenvalue weighted by Crippen LogP contribution is 2.23. The Labute approximate surface area is 171 Å². The Hall–Kier alpha value is -2.51. The van der Waals surface area contributed by atoms with E-state index in [1.165, 1.54) is 0 Å². The van der Waals surface area contributed by atoms with Gasteiger partial charge in [-0.25, -0.2) is 0 Å². The fourth-order valence-corrected chi connectivity index (χ4v) is 3.14. The molecule has 0 saturated heterocycles. The Balaban J connectivity index is 1.77. The molecule has 2 rings (SSSR count). The van der Waals surface area contributed by atoms with Crippen LogP contribution in [0.1, 0.15) is 46.7 Å². The molecule has 0 aliphatic carbocycles. The highest BCUT2D eigenvalue weighted by Gasteiger charge is 2.14. The molecule has 0 aliphatic rings. The van der Waals surface area contributed by atoms with Gasteiger partial charge in [0, 0.05) is 23.6 Å². The second kappa shape index (κ2) is 10.1. The fraction of sp³-hybridized carbons (Fsp3) is 0.300. The molecule has 0 aliphatic heterocycles. The van der Waals surface area contributed by atoms with Crippen LogP contribution in [0.4, 0.5) is 5.69 Å². The van der Waals surface area contributed by atoms with Crippen LogP contribution in [0.2, 0.25) is 4.34 Å². The van der Waals surface area contributed by atoms with Gasteiger partial charge < -0.3 is 10.1 Å². The maximum atomic E-state index is 12.1. The number of Topliss-reactive ketones (excluding diaryl/α,β-unsaturated/α-hetero) is 2. The normalized spacial score (nSPS) is 10.6. The van der Waals surface area contributed by atoms with Gasteiger partial charge in [-0.05, 0) is 36.4 Å². The Morgan fingerprint density at radius 3 is 2.25 bits per heavy atom. The number of ketones is 2. The summed E-state index contributed by atoms with van der Waals surface area (Å²) in [6.45, 7) is 3.16. The molecule has 1 aromatic heterocycles. The zero-order chi connectivity index (χ0) is 20.7. The van der Waals surface area contributed by atoms with E-state index in [4.69, 9.17) is 16.3 Å². The summed E-state index contributed by atoms with van der Waals surface area (Å²) in [7, 11) is 0. The van der Waals surface area contributed by atoms with Crippen LogP contribution in [-0.2, 0) is 14.3 Å². The van der Waals surface area contributed by atoms with Crippen LogP contribution in [0.3, 0.4) is 0 Å². The lowest BCUT2D eigenvalue weighted by molar-refractivity contribution is -0.142. The fourth-order valence-electron chi connectivity index (χ4n) is 2.13. The molecule has 0 unspecified atom stereocenters. The predicted molar refractivity (Wildman–Crippen MR) is 108 cm³/mol. The molecule has 2 aromatic rings. The number of hydrogen-bond acceptors (Lipinski definition) is 6. The molecule has 6 nitrogen and oxygen atoms in total. The van der Waals surface area contributed by atoms with Crippen LogP contribution < -0.4 is 5.32 Å². The number of ether oxygens (including phenoxy) is 1. The summed E-state index contributed by atoms with van der Waals surface area (Å²) in [4.78, 5) is 47.9. The van der Waals surface area contributed by atoms with Gasteiger partial charge in [-0.2, -0.15) is 0 Å². The molecule has 0 fully saturated rings. The smallest absolute Gasteiger partial charge is 0.306 e. The number of amides is 1. The van der Waals surface area contributed by atoms with Crippen LogP contribution >= 0.6 is 22.9 Å². The highest BCUT2D eigenvalue weighted by atomic mass is 35.5. The Morgan fingerprint density at radius 1 is 1.00 bits per heavy atom. The van der Waals surface area contributed by atoms with Crippen molar-refractivity contribution < 1.29 is 23.9 Å². The van der Waals surface area contributed by atoms with E-state index < -0.39 is 12.6 Å². The molecule has 8 heteroatoms. The summed E-state index contributed by atoms with van der Waals surface area (Å²) in [6.07, 6.45) is -0.115. The number of nitrogens with one attached hydrogen (secondary N) is 1. The summed E-state index contributed by atoms with van der Waals surface area (Å²) in [5, 5.41) is 2.73. The minimum absolute atomic E-state index is 0.00584. The van der Waals surface area contributed by atoms with Crippen molar-refractivity contribution >= 4 is 52.1 Å². The van der Waals surface area contributed by atoms with E-state index >= 15 is 0 Å². The van der Waals surface area contributed by atoms with E-state index in [9.17, 15) is 19.2 Å². The molecule has 1 amide bonds. The van der Waals surface area contributed by atoms with Crippen molar-refractivity contribution in [1.29, 1.82) is 0 Å². The van der Waals surface area contributed by atoms with Crippen molar-refractivity contribution in [3.05, 3.63) is 51.2 Å². The first kappa shape index (κ1) is 21.8. The number of carbonyl (C=O) groups excluding carboxylic acids is 4. The van der Waals surface area contributed by atoms with Crippen LogP contribution in [0.15, 0.2) is 36.4 Å². The molecule has 1 N–H and O–H groups in total. The molecule has 148 valence electrons. The standard InChI is InChI=1S/C20H20ClNO5S/c1-12(2)20(26)22-14-5-3-13(4-6-14)16(24)11-27-19(25)10-7-15(23)17-8-9-18(21)28-17/h3-6,8-9,12H,7,10-11H2,1-2H3,(H,22,26). The largest absolute Gasteiger partial charge is 0.457 e. The molecular weight excluding hydrogens is 402 g/mol. The van der Waals surface area contributed by atoms with Crippen LogP contribution in [0.5, 0.6) is 0 Å². The molecular formula is C20H20ClNO5S. The van der Waals surface area contributed by atoms with E-state index in [-0.39, 0.29) is 36.2 Å². The van der Waals surface area contributed by atoms with Crippen molar-refractivity contribution in [3.8, 4) is 0 Å². The van der Waals surface area contributed by atoms with Gasteiger partial charge in [0.15, 0.2) is 18.2 Å². The third kappa shape index (κ3) is 6.58. The minimum atomic E-state index is -0.620. The number of carbonyl (C=O) groups is 4. The first-order chi connectivity index (χ1) is 13.3. The first-order valence-electron chi connectivity index (χ1n) is 8.64. The average molecular weight is 422 g/mol. The maximum Gasteiger partial charge on any atom is 0.306 e. The number of thiophene rings is 1. The molecule has 1 heterocycles. The van der Waals surface area contributed by atoms with E-state index in [1.54, 1.807) is 50.2 Å². The third-order valence-electron chi connectivity index (χ3n) is 3.77. The number of benzene rings is 1. The van der Waals surface area contributed by atoms with Crippen molar-refractivity contribution in [1.82, 2.24) is 0 Å². The lowest BCUT2D eigenvalue weighted by Crippen LogP contribution is -2.18. The highest BCUT2D eigenvalue weighted by molar-refractivity contribution is 7.18. The molecule has 0 spiro atoms. The zero-order valence-electron chi connectivity index (χ0n) is 15.5. The average Bonchev–Trinajstić information content (AvgIpc) is 3.11. The van der Waals surface area contributed by atoms with Crippen molar-refractivity contribution in [2.75, 3.05) is 11.9 Å². The summed E-state index contributed by atoms with van der Waals surface area (Å²) < 4.78 is 5.45. The Kier molecular flexibility index (Phi) is 7.90. The minimum Gasteiger partial charge on any atom is -0.457 e. The third-order valence-corrected chi connectivity index (χ3v) is 5.04. The molecule has 0 saturated carbocycles. The second-order valence-corrected chi connectivity index (χ2v) is 8.05. The van der Waals surface area contributed by atoms with Crippen molar-refractivity contribution in [3.63, 3.8) is 0 Å². The van der Waals surface area contributed by atoms with Crippen LogP contribution in [0.25, 0.3) is 0 Å². The van der Waals surface area contributed by atoms with E-state index in [1.807, 2.05) is 0 Å². The number of hydrogen-bond donors (Lipinski definition) is 1. The van der Waals surface area contributed by atoms with Gasteiger partial charge in [-0.3, -0.25) is 19.2 Å². The number of anilines is 1. The number of halogens is 1. The van der Waals surface area contributed by atoms with Gasteiger partial charge in [-0.1, -0.05) is 25.4 Å². The van der Waals surface area contributed by atoms with Gasteiger partial charge in [0.2, 0.25) is 5.91 Å². The Bertz CT molecular complexity index is 873. The zero-order valence-corrected chi connectivity index (χ0v) is 17.1. The van der Waals surface area contributed by atoms with Gasteiger partial charge >= 0.3 is 5.97 Å². The predicted octanol–water partition coefficient (Wildman–Crippen LogP) is 4.39. The van der Waals surface area contributed by atoms with Gasteiger partial charge in [0.25, 0.3) is 0 Å². The first-order valence-corrected chi connectivity index (χ1v) is 9.84. The van der Waals surface area contributed by atoms with Crippen molar-refractivity contribution in [2.24, 2.45) is 5.92 Å². The number of esters is 1. The van der Waals surface area contributed by atoms with Gasteiger partial charge in [0.1, 0.15) is 0 Å². The quantitative estimate of drug-likeness (QED) is 0.479.